The molecular weight excluding hydrogens is 261 g/mol. The van der Waals surface area contributed by atoms with Gasteiger partial charge < -0.3 is 10.0 Å². The van der Waals surface area contributed by atoms with E-state index in [2.05, 4.69) is 0 Å². The van der Waals surface area contributed by atoms with E-state index >= 15 is 0 Å². The third-order valence-corrected chi connectivity index (χ3v) is 3.69. The fraction of sp³-hybridized carbons (Fsp3) is 0.417. The smallest absolute Gasteiger partial charge is 0.227 e. The van der Waals surface area contributed by atoms with E-state index in [9.17, 15) is 4.79 Å². The summed E-state index contributed by atoms with van der Waals surface area (Å²) in [5.74, 6) is -0.0375. The predicted octanol–water partition coefficient (Wildman–Crippen LogP) is 2.65. The molecular formula is C12H13Cl2NO2. The molecule has 1 fully saturated rings. The Morgan fingerprint density at radius 1 is 1.41 bits per heavy atom. The van der Waals surface area contributed by atoms with Crippen molar-refractivity contribution in [3.63, 3.8) is 0 Å². The van der Waals surface area contributed by atoms with Gasteiger partial charge in [-0.3, -0.25) is 4.79 Å². The normalized spacial score (nSPS) is 20.1. The predicted molar refractivity (Wildman–Crippen MR) is 68.7 cm³/mol. The molecule has 1 aromatic rings. The highest BCUT2D eigenvalue weighted by atomic mass is 35.5. The van der Waals surface area contributed by atoms with Crippen molar-refractivity contribution < 1.29 is 9.90 Å². The average molecular weight is 274 g/mol. The van der Waals surface area contributed by atoms with E-state index in [-0.39, 0.29) is 18.4 Å². The van der Waals surface area contributed by atoms with Crippen LogP contribution in [0.2, 0.25) is 10.0 Å². The van der Waals surface area contributed by atoms with Crippen molar-refractivity contribution in [2.45, 2.75) is 13.3 Å². The van der Waals surface area contributed by atoms with Gasteiger partial charge in [0.15, 0.2) is 0 Å². The second-order valence-corrected chi connectivity index (χ2v) is 5.12. The summed E-state index contributed by atoms with van der Waals surface area (Å²) >= 11 is 12.2. The van der Waals surface area contributed by atoms with Crippen LogP contribution in [0, 0.1) is 12.8 Å². The SMILES string of the molecule is Cc1cc(Cl)c(N2CC(CO)CC2=O)cc1Cl. The van der Waals surface area contributed by atoms with Crippen LogP contribution in [0.3, 0.4) is 0 Å². The number of aliphatic hydroxyl groups excluding tert-OH is 1. The Balaban J connectivity index is 2.35. The van der Waals surface area contributed by atoms with Crippen molar-refractivity contribution in [2.24, 2.45) is 5.92 Å². The van der Waals surface area contributed by atoms with Crippen molar-refractivity contribution in [3.05, 3.63) is 27.7 Å². The number of nitrogens with zero attached hydrogens (tertiary/aromatic N) is 1. The van der Waals surface area contributed by atoms with Crippen LogP contribution in [-0.2, 0) is 4.79 Å². The van der Waals surface area contributed by atoms with E-state index in [4.69, 9.17) is 28.3 Å². The molecule has 1 aromatic carbocycles. The van der Waals surface area contributed by atoms with Gasteiger partial charge in [-0.25, -0.2) is 0 Å². The zero-order chi connectivity index (χ0) is 12.6. The molecule has 1 N–H and O–H groups in total. The first-order valence-electron chi connectivity index (χ1n) is 5.39. The number of aliphatic hydroxyl groups is 1. The van der Waals surface area contributed by atoms with Gasteiger partial charge in [-0.05, 0) is 24.6 Å². The number of halogens is 2. The first kappa shape index (κ1) is 12.7. The van der Waals surface area contributed by atoms with Gasteiger partial charge in [0.1, 0.15) is 0 Å². The molecule has 1 amide bonds. The summed E-state index contributed by atoms with van der Waals surface area (Å²) in [6.07, 6.45) is 0.359. The molecule has 0 saturated carbocycles. The largest absolute Gasteiger partial charge is 0.396 e. The highest BCUT2D eigenvalue weighted by Crippen LogP contribution is 2.34. The molecule has 1 heterocycles. The Bertz CT molecular complexity index is 462. The first-order chi connectivity index (χ1) is 8.02. The lowest BCUT2D eigenvalue weighted by atomic mass is 10.1. The third kappa shape index (κ3) is 2.41. The average Bonchev–Trinajstić information content (AvgIpc) is 2.65. The molecule has 1 aliphatic heterocycles. The molecule has 1 aliphatic rings. The van der Waals surface area contributed by atoms with E-state index in [1.165, 1.54) is 0 Å². The van der Waals surface area contributed by atoms with Gasteiger partial charge >= 0.3 is 0 Å². The highest BCUT2D eigenvalue weighted by molar-refractivity contribution is 6.36. The quantitative estimate of drug-likeness (QED) is 0.900. The minimum Gasteiger partial charge on any atom is -0.396 e. The molecule has 1 unspecified atom stereocenters. The van der Waals surface area contributed by atoms with Gasteiger partial charge in [0.2, 0.25) is 5.91 Å². The van der Waals surface area contributed by atoms with Crippen LogP contribution >= 0.6 is 23.2 Å². The number of anilines is 1. The van der Waals surface area contributed by atoms with Crippen LogP contribution in [0.1, 0.15) is 12.0 Å². The molecule has 0 spiro atoms. The molecule has 0 bridgehead atoms. The first-order valence-corrected chi connectivity index (χ1v) is 6.15. The van der Waals surface area contributed by atoms with Crippen molar-refractivity contribution in [3.8, 4) is 0 Å². The van der Waals surface area contributed by atoms with Gasteiger partial charge in [-0.15, -0.1) is 0 Å². The van der Waals surface area contributed by atoms with E-state index in [1.54, 1.807) is 17.0 Å². The monoisotopic (exact) mass is 273 g/mol. The Kier molecular flexibility index (Phi) is 3.61. The number of carbonyl (C=O) groups excluding carboxylic acids is 1. The summed E-state index contributed by atoms with van der Waals surface area (Å²) in [5.41, 5.74) is 1.51. The summed E-state index contributed by atoms with van der Waals surface area (Å²) in [7, 11) is 0. The molecule has 3 nitrogen and oxygen atoms in total. The fourth-order valence-corrected chi connectivity index (χ4v) is 2.46. The molecule has 1 saturated heterocycles. The Morgan fingerprint density at radius 3 is 2.71 bits per heavy atom. The second-order valence-electron chi connectivity index (χ2n) is 4.31. The molecule has 1 atom stereocenters. The Morgan fingerprint density at radius 2 is 2.12 bits per heavy atom. The summed E-state index contributed by atoms with van der Waals surface area (Å²) < 4.78 is 0. The summed E-state index contributed by atoms with van der Waals surface area (Å²) in [6.45, 7) is 2.37. The summed E-state index contributed by atoms with van der Waals surface area (Å²) in [5, 5.41) is 10.2. The van der Waals surface area contributed by atoms with Gasteiger partial charge in [0.05, 0.1) is 10.7 Å². The lowest BCUT2D eigenvalue weighted by molar-refractivity contribution is -0.117. The topological polar surface area (TPSA) is 40.5 Å². The number of aryl methyl sites for hydroxylation is 1. The molecule has 5 heteroatoms. The number of hydrogen-bond acceptors (Lipinski definition) is 2. The lowest BCUT2D eigenvalue weighted by Gasteiger charge is -2.19. The molecule has 0 aromatic heterocycles. The third-order valence-electron chi connectivity index (χ3n) is 2.98. The minimum atomic E-state index is -0.0223. The van der Waals surface area contributed by atoms with E-state index < -0.39 is 0 Å². The van der Waals surface area contributed by atoms with E-state index in [1.807, 2.05) is 6.92 Å². The van der Waals surface area contributed by atoms with Crippen LogP contribution in [0.4, 0.5) is 5.69 Å². The number of benzene rings is 1. The molecule has 0 radical (unpaired) electrons. The second kappa shape index (κ2) is 4.84. The van der Waals surface area contributed by atoms with Gasteiger partial charge in [0, 0.05) is 30.5 Å². The maximum atomic E-state index is 11.8. The number of amides is 1. The van der Waals surface area contributed by atoms with Crippen LogP contribution in [0.5, 0.6) is 0 Å². The van der Waals surface area contributed by atoms with Gasteiger partial charge in [0.25, 0.3) is 0 Å². The van der Waals surface area contributed by atoms with Crippen molar-refractivity contribution >= 4 is 34.8 Å². The van der Waals surface area contributed by atoms with Crippen molar-refractivity contribution in [1.29, 1.82) is 0 Å². The standard InChI is InChI=1S/C12H13Cl2NO2/c1-7-2-10(14)11(4-9(7)13)15-5-8(6-16)3-12(15)17/h2,4,8,16H,3,5-6H2,1H3. The Labute approximate surface area is 110 Å². The van der Waals surface area contributed by atoms with Crippen LogP contribution in [0.25, 0.3) is 0 Å². The zero-order valence-corrected chi connectivity index (χ0v) is 10.9. The van der Waals surface area contributed by atoms with E-state index in [0.717, 1.165) is 5.56 Å². The maximum Gasteiger partial charge on any atom is 0.227 e. The number of rotatable bonds is 2. The van der Waals surface area contributed by atoms with Gasteiger partial charge in [-0.1, -0.05) is 23.2 Å². The number of hydrogen-bond donors (Lipinski definition) is 1. The fourth-order valence-electron chi connectivity index (χ4n) is 1.98. The van der Waals surface area contributed by atoms with Crippen LogP contribution in [0.15, 0.2) is 12.1 Å². The van der Waals surface area contributed by atoms with E-state index in [0.29, 0.717) is 28.7 Å². The maximum absolute atomic E-state index is 11.8. The van der Waals surface area contributed by atoms with Crippen molar-refractivity contribution in [1.82, 2.24) is 0 Å². The van der Waals surface area contributed by atoms with Crippen LogP contribution in [-0.4, -0.2) is 24.2 Å². The van der Waals surface area contributed by atoms with Crippen molar-refractivity contribution in [2.75, 3.05) is 18.1 Å². The molecule has 92 valence electrons. The molecule has 2 rings (SSSR count). The molecule has 17 heavy (non-hydrogen) atoms. The Hall–Kier alpha value is -0.770. The minimum absolute atomic E-state index is 0.0133. The lowest BCUT2D eigenvalue weighted by Crippen LogP contribution is -2.25. The summed E-state index contributed by atoms with van der Waals surface area (Å²) in [4.78, 5) is 13.4. The highest BCUT2D eigenvalue weighted by Gasteiger charge is 2.31. The van der Waals surface area contributed by atoms with Crippen LogP contribution < -0.4 is 4.90 Å². The zero-order valence-electron chi connectivity index (χ0n) is 9.41. The van der Waals surface area contributed by atoms with Gasteiger partial charge in [-0.2, -0.15) is 0 Å². The molecule has 0 aliphatic carbocycles. The summed E-state index contributed by atoms with van der Waals surface area (Å²) in [6, 6.07) is 3.45. The number of carbonyl (C=O) groups is 1.